The van der Waals surface area contributed by atoms with Crippen molar-refractivity contribution in [3.63, 3.8) is 0 Å². The van der Waals surface area contributed by atoms with Gasteiger partial charge in [-0.1, -0.05) is 6.92 Å². The highest BCUT2D eigenvalue weighted by atomic mass is 79.9. The molecular formula is C16H23BrN4. The Kier molecular flexibility index (Phi) is 5.94. The Morgan fingerprint density at radius 2 is 2.00 bits per heavy atom. The van der Waals surface area contributed by atoms with Gasteiger partial charge in [0.15, 0.2) is 0 Å². The Labute approximate surface area is 134 Å². The maximum atomic E-state index is 6.32. The van der Waals surface area contributed by atoms with Crippen molar-refractivity contribution in [3.05, 3.63) is 46.0 Å². The van der Waals surface area contributed by atoms with Gasteiger partial charge in [-0.2, -0.15) is 5.10 Å². The highest BCUT2D eigenvalue weighted by Gasteiger charge is 2.16. The van der Waals surface area contributed by atoms with Crippen LogP contribution in [-0.4, -0.2) is 20.8 Å². The van der Waals surface area contributed by atoms with Crippen LogP contribution in [0.25, 0.3) is 0 Å². The zero-order valence-electron chi connectivity index (χ0n) is 12.7. The Morgan fingerprint density at radius 1 is 1.29 bits per heavy atom. The first kappa shape index (κ1) is 16.2. The molecule has 0 saturated heterocycles. The maximum absolute atomic E-state index is 6.32. The van der Waals surface area contributed by atoms with Crippen LogP contribution in [0.15, 0.2) is 29.0 Å². The zero-order valence-corrected chi connectivity index (χ0v) is 14.3. The van der Waals surface area contributed by atoms with Gasteiger partial charge in [-0.15, -0.1) is 0 Å². The van der Waals surface area contributed by atoms with Crippen LogP contribution in [0.3, 0.4) is 0 Å². The third kappa shape index (κ3) is 4.14. The fourth-order valence-electron chi connectivity index (χ4n) is 2.46. The fourth-order valence-corrected chi connectivity index (χ4v) is 3.19. The summed E-state index contributed by atoms with van der Waals surface area (Å²) in [6.07, 6.45) is 7.41. The average Bonchev–Trinajstić information content (AvgIpc) is 2.82. The van der Waals surface area contributed by atoms with Crippen LogP contribution in [0.4, 0.5) is 0 Å². The van der Waals surface area contributed by atoms with Gasteiger partial charge in [0.05, 0.1) is 15.9 Å². The van der Waals surface area contributed by atoms with Gasteiger partial charge in [-0.25, -0.2) is 0 Å². The summed E-state index contributed by atoms with van der Waals surface area (Å²) < 4.78 is 3.20. The largest absolute Gasteiger partial charge is 0.327 e. The lowest BCUT2D eigenvalue weighted by Crippen LogP contribution is -2.25. The van der Waals surface area contributed by atoms with Gasteiger partial charge in [0.25, 0.3) is 0 Å². The van der Waals surface area contributed by atoms with Crippen LogP contribution in [-0.2, 0) is 25.8 Å². The van der Waals surface area contributed by atoms with Crippen molar-refractivity contribution in [1.82, 2.24) is 14.8 Å². The van der Waals surface area contributed by atoms with E-state index in [0.717, 1.165) is 42.4 Å². The third-order valence-corrected chi connectivity index (χ3v) is 4.62. The molecular weight excluding hydrogens is 328 g/mol. The molecule has 114 valence electrons. The Bertz CT molecular complexity index is 565. The quantitative estimate of drug-likeness (QED) is 0.834. The van der Waals surface area contributed by atoms with E-state index in [9.17, 15) is 0 Å². The first-order valence-electron chi connectivity index (χ1n) is 7.54. The van der Waals surface area contributed by atoms with Gasteiger partial charge in [-0.3, -0.25) is 9.67 Å². The molecule has 0 aromatic carbocycles. The van der Waals surface area contributed by atoms with E-state index in [1.807, 2.05) is 24.5 Å². The number of aryl methyl sites for hydroxylation is 3. The number of hydrogen-bond donors (Lipinski definition) is 1. The van der Waals surface area contributed by atoms with Crippen LogP contribution < -0.4 is 5.73 Å². The standard InChI is InChI=1S/C16H23BrN4/c1-3-14-16(17)15(21(4-2)20-14)11-13(18)6-5-12-7-9-19-10-8-12/h7-10,13H,3-6,11,18H2,1-2H3. The van der Waals surface area contributed by atoms with E-state index < -0.39 is 0 Å². The lowest BCUT2D eigenvalue weighted by Gasteiger charge is -2.13. The topological polar surface area (TPSA) is 56.7 Å². The molecule has 0 amide bonds. The highest BCUT2D eigenvalue weighted by molar-refractivity contribution is 9.10. The molecule has 0 spiro atoms. The summed E-state index contributed by atoms with van der Waals surface area (Å²) in [5.41, 5.74) is 9.95. The second-order valence-electron chi connectivity index (χ2n) is 5.24. The molecule has 1 atom stereocenters. The smallest absolute Gasteiger partial charge is 0.0766 e. The summed E-state index contributed by atoms with van der Waals surface area (Å²) in [6.45, 7) is 5.12. The number of pyridine rings is 1. The molecule has 2 aromatic heterocycles. The molecule has 0 aliphatic rings. The molecule has 0 bridgehead atoms. The first-order valence-corrected chi connectivity index (χ1v) is 8.33. The van der Waals surface area contributed by atoms with Crippen LogP contribution in [0.5, 0.6) is 0 Å². The predicted molar refractivity (Wildman–Crippen MR) is 89.2 cm³/mol. The molecule has 5 heteroatoms. The Balaban J connectivity index is 1.99. The normalized spacial score (nSPS) is 12.6. The number of aromatic nitrogens is 3. The van der Waals surface area contributed by atoms with Gasteiger partial charge in [0.2, 0.25) is 0 Å². The van der Waals surface area contributed by atoms with E-state index in [1.54, 1.807) is 0 Å². The van der Waals surface area contributed by atoms with Gasteiger partial charge in [-0.05, 0) is 59.8 Å². The molecule has 2 rings (SSSR count). The van der Waals surface area contributed by atoms with Crippen molar-refractivity contribution in [2.45, 2.75) is 52.1 Å². The third-order valence-electron chi connectivity index (χ3n) is 3.70. The number of halogens is 1. The zero-order chi connectivity index (χ0) is 15.2. The molecule has 2 N–H and O–H groups in total. The van der Waals surface area contributed by atoms with E-state index in [4.69, 9.17) is 5.73 Å². The minimum absolute atomic E-state index is 0.140. The van der Waals surface area contributed by atoms with E-state index in [1.165, 1.54) is 11.3 Å². The van der Waals surface area contributed by atoms with Crippen LogP contribution in [0.2, 0.25) is 0 Å². The summed E-state index contributed by atoms with van der Waals surface area (Å²) in [5.74, 6) is 0. The number of hydrogen-bond acceptors (Lipinski definition) is 3. The van der Waals surface area contributed by atoms with Crippen molar-refractivity contribution in [2.75, 3.05) is 0 Å². The van der Waals surface area contributed by atoms with Gasteiger partial charge < -0.3 is 5.73 Å². The number of rotatable bonds is 7. The van der Waals surface area contributed by atoms with E-state index >= 15 is 0 Å². The molecule has 0 radical (unpaired) electrons. The van der Waals surface area contributed by atoms with E-state index in [-0.39, 0.29) is 6.04 Å². The van der Waals surface area contributed by atoms with Crippen molar-refractivity contribution >= 4 is 15.9 Å². The molecule has 0 saturated carbocycles. The number of nitrogens with two attached hydrogens (primary N) is 1. The van der Waals surface area contributed by atoms with Crippen molar-refractivity contribution in [2.24, 2.45) is 5.73 Å². The molecule has 21 heavy (non-hydrogen) atoms. The van der Waals surface area contributed by atoms with Crippen LogP contribution >= 0.6 is 15.9 Å². The summed E-state index contributed by atoms with van der Waals surface area (Å²) in [4.78, 5) is 4.04. The summed E-state index contributed by atoms with van der Waals surface area (Å²) in [5, 5.41) is 4.62. The van der Waals surface area contributed by atoms with Crippen molar-refractivity contribution in [3.8, 4) is 0 Å². The highest BCUT2D eigenvalue weighted by Crippen LogP contribution is 2.24. The minimum Gasteiger partial charge on any atom is -0.327 e. The summed E-state index contributed by atoms with van der Waals surface area (Å²) in [6, 6.07) is 4.24. The van der Waals surface area contributed by atoms with Gasteiger partial charge in [0, 0.05) is 31.4 Å². The molecule has 1 unspecified atom stereocenters. The monoisotopic (exact) mass is 350 g/mol. The fraction of sp³-hybridized carbons (Fsp3) is 0.500. The molecule has 0 aliphatic heterocycles. The van der Waals surface area contributed by atoms with Crippen molar-refractivity contribution in [1.29, 1.82) is 0 Å². The second-order valence-corrected chi connectivity index (χ2v) is 6.03. The molecule has 2 heterocycles. The molecule has 0 aliphatic carbocycles. The van der Waals surface area contributed by atoms with Crippen molar-refractivity contribution < 1.29 is 0 Å². The molecule has 4 nitrogen and oxygen atoms in total. The Morgan fingerprint density at radius 3 is 2.62 bits per heavy atom. The molecule has 2 aromatic rings. The summed E-state index contributed by atoms with van der Waals surface area (Å²) >= 11 is 3.68. The molecule has 0 fully saturated rings. The first-order chi connectivity index (χ1) is 10.2. The average molecular weight is 351 g/mol. The SMILES string of the molecule is CCc1nn(CC)c(CC(N)CCc2ccncc2)c1Br. The van der Waals surface area contributed by atoms with Crippen LogP contribution in [0, 0.1) is 0 Å². The predicted octanol–water partition coefficient (Wildman–Crippen LogP) is 3.13. The maximum Gasteiger partial charge on any atom is 0.0766 e. The minimum atomic E-state index is 0.140. The lowest BCUT2D eigenvalue weighted by molar-refractivity contribution is 0.552. The summed E-state index contributed by atoms with van der Waals surface area (Å²) in [7, 11) is 0. The second kappa shape index (κ2) is 7.71. The number of nitrogens with zero attached hydrogens (tertiary/aromatic N) is 3. The Hall–Kier alpha value is -1.20. The van der Waals surface area contributed by atoms with Gasteiger partial charge in [0.1, 0.15) is 0 Å². The van der Waals surface area contributed by atoms with E-state index in [2.05, 4.69) is 44.5 Å². The van der Waals surface area contributed by atoms with Gasteiger partial charge >= 0.3 is 0 Å². The van der Waals surface area contributed by atoms with Crippen LogP contribution in [0.1, 0.15) is 37.2 Å². The van der Waals surface area contributed by atoms with E-state index in [0.29, 0.717) is 0 Å². The lowest BCUT2D eigenvalue weighted by atomic mass is 10.0.